The molecule has 0 amide bonds. The Bertz CT molecular complexity index is 257. The standard InChI is InChI=1S/C13H27N3O/c1-4-11(10-12(14)15-17)16-8-6-13(3,5-2)7-9-16/h11,17H,4-10H2,1-3H3,(H2,14,15). The van der Waals surface area contributed by atoms with E-state index >= 15 is 0 Å². The molecule has 17 heavy (non-hydrogen) atoms. The van der Waals surface area contributed by atoms with E-state index in [2.05, 4.69) is 30.8 Å². The van der Waals surface area contributed by atoms with Crippen molar-refractivity contribution in [3.63, 3.8) is 0 Å². The second-order valence-corrected chi connectivity index (χ2v) is 5.56. The van der Waals surface area contributed by atoms with Crippen molar-refractivity contribution in [2.75, 3.05) is 13.1 Å². The van der Waals surface area contributed by atoms with Gasteiger partial charge in [0.2, 0.25) is 0 Å². The molecule has 1 rings (SSSR count). The van der Waals surface area contributed by atoms with Crippen LogP contribution in [0.5, 0.6) is 0 Å². The van der Waals surface area contributed by atoms with E-state index in [1.807, 2.05) is 0 Å². The minimum atomic E-state index is 0.348. The fraction of sp³-hybridized carbons (Fsp3) is 0.923. The van der Waals surface area contributed by atoms with Crippen LogP contribution in [0.25, 0.3) is 0 Å². The molecule has 100 valence electrons. The van der Waals surface area contributed by atoms with Gasteiger partial charge in [-0.3, -0.25) is 4.90 Å². The summed E-state index contributed by atoms with van der Waals surface area (Å²) in [6.07, 6.45) is 5.51. The maximum absolute atomic E-state index is 8.64. The van der Waals surface area contributed by atoms with Gasteiger partial charge in [-0.2, -0.15) is 0 Å². The maximum Gasteiger partial charge on any atom is 0.140 e. The lowest BCUT2D eigenvalue weighted by Gasteiger charge is -2.42. The normalized spacial score (nSPS) is 23.6. The van der Waals surface area contributed by atoms with E-state index in [0.29, 0.717) is 23.7 Å². The molecule has 1 heterocycles. The van der Waals surface area contributed by atoms with Crippen molar-refractivity contribution in [1.29, 1.82) is 0 Å². The molecule has 0 aromatic carbocycles. The van der Waals surface area contributed by atoms with Gasteiger partial charge in [0.05, 0.1) is 0 Å². The van der Waals surface area contributed by atoms with Gasteiger partial charge in [-0.05, 0) is 37.8 Å². The Morgan fingerprint density at radius 1 is 1.41 bits per heavy atom. The number of rotatable bonds is 5. The van der Waals surface area contributed by atoms with Gasteiger partial charge in [0.15, 0.2) is 0 Å². The Labute approximate surface area is 105 Å². The smallest absolute Gasteiger partial charge is 0.140 e. The van der Waals surface area contributed by atoms with Crippen LogP contribution >= 0.6 is 0 Å². The topological polar surface area (TPSA) is 61.9 Å². The Morgan fingerprint density at radius 3 is 2.41 bits per heavy atom. The summed E-state index contributed by atoms with van der Waals surface area (Å²) in [7, 11) is 0. The van der Waals surface area contributed by atoms with Crippen LogP contribution in [-0.2, 0) is 0 Å². The van der Waals surface area contributed by atoms with Gasteiger partial charge in [0.25, 0.3) is 0 Å². The fourth-order valence-corrected chi connectivity index (χ4v) is 2.60. The summed E-state index contributed by atoms with van der Waals surface area (Å²) in [5, 5.41) is 11.7. The average molecular weight is 241 g/mol. The molecular formula is C13H27N3O. The number of piperidine rings is 1. The van der Waals surface area contributed by atoms with E-state index in [1.165, 1.54) is 19.3 Å². The lowest BCUT2D eigenvalue weighted by Crippen LogP contribution is -2.45. The average Bonchev–Trinajstić information content (AvgIpc) is 2.37. The van der Waals surface area contributed by atoms with Crippen LogP contribution in [0.4, 0.5) is 0 Å². The first kappa shape index (κ1) is 14.3. The quantitative estimate of drug-likeness (QED) is 0.336. The highest BCUT2D eigenvalue weighted by Crippen LogP contribution is 2.35. The molecule has 0 radical (unpaired) electrons. The summed E-state index contributed by atoms with van der Waals surface area (Å²) in [5.74, 6) is 0.348. The van der Waals surface area contributed by atoms with Crippen LogP contribution in [-0.4, -0.2) is 35.1 Å². The van der Waals surface area contributed by atoms with E-state index in [4.69, 9.17) is 10.9 Å². The molecule has 4 heteroatoms. The third-order valence-corrected chi connectivity index (χ3v) is 4.42. The molecule has 0 saturated carbocycles. The van der Waals surface area contributed by atoms with Crippen LogP contribution in [0.2, 0.25) is 0 Å². The van der Waals surface area contributed by atoms with E-state index in [-0.39, 0.29) is 0 Å². The van der Waals surface area contributed by atoms with Gasteiger partial charge in [-0.15, -0.1) is 0 Å². The van der Waals surface area contributed by atoms with Crippen LogP contribution in [0.15, 0.2) is 5.16 Å². The molecule has 1 atom stereocenters. The monoisotopic (exact) mass is 241 g/mol. The van der Waals surface area contributed by atoms with Crippen molar-refractivity contribution in [2.45, 2.75) is 58.9 Å². The summed E-state index contributed by atoms with van der Waals surface area (Å²) in [4.78, 5) is 2.50. The first-order valence-corrected chi connectivity index (χ1v) is 6.75. The predicted octanol–water partition coefficient (Wildman–Crippen LogP) is 2.41. The van der Waals surface area contributed by atoms with Crippen molar-refractivity contribution in [3.05, 3.63) is 0 Å². The maximum atomic E-state index is 8.64. The highest BCUT2D eigenvalue weighted by Gasteiger charge is 2.30. The van der Waals surface area contributed by atoms with Crippen LogP contribution < -0.4 is 5.73 Å². The molecular weight excluding hydrogens is 214 g/mol. The van der Waals surface area contributed by atoms with Crippen molar-refractivity contribution >= 4 is 5.84 Å². The molecule has 1 saturated heterocycles. The number of hydrogen-bond acceptors (Lipinski definition) is 3. The molecule has 1 fully saturated rings. The lowest BCUT2D eigenvalue weighted by atomic mass is 9.78. The van der Waals surface area contributed by atoms with E-state index in [9.17, 15) is 0 Å². The van der Waals surface area contributed by atoms with Gasteiger partial charge >= 0.3 is 0 Å². The first-order chi connectivity index (χ1) is 8.04. The first-order valence-electron chi connectivity index (χ1n) is 6.75. The van der Waals surface area contributed by atoms with E-state index in [1.54, 1.807) is 0 Å². The van der Waals surface area contributed by atoms with Crippen molar-refractivity contribution < 1.29 is 5.21 Å². The van der Waals surface area contributed by atoms with E-state index < -0.39 is 0 Å². The molecule has 3 N–H and O–H groups in total. The molecule has 1 unspecified atom stereocenters. The zero-order valence-electron chi connectivity index (χ0n) is 11.4. The number of nitrogens with zero attached hydrogens (tertiary/aromatic N) is 2. The summed E-state index contributed by atoms with van der Waals surface area (Å²) in [5.41, 5.74) is 6.13. The molecule has 0 aromatic heterocycles. The third kappa shape index (κ3) is 3.87. The predicted molar refractivity (Wildman–Crippen MR) is 71.3 cm³/mol. The molecule has 0 aromatic rings. The van der Waals surface area contributed by atoms with Crippen molar-refractivity contribution in [1.82, 2.24) is 4.90 Å². The second-order valence-electron chi connectivity index (χ2n) is 5.56. The zero-order valence-corrected chi connectivity index (χ0v) is 11.4. The number of likely N-dealkylation sites (tertiary alicyclic amines) is 1. The van der Waals surface area contributed by atoms with Crippen LogP contribution in [0.1, 0.15) is 52.9 Å². The van der Waals surface area contributed by atoms with Gasteiger partial charge in [0, 0.05) is 12.5 Å². The fourth-order valence-electron chi connectivity index (χ4n) is 2.60. The van der Waals surface area contributed by atoms with Gasteiger partial charge in [-0.1, -0.05) is 32.3 Å². The molecule has 0 spiro atoms. The molecule has 4 nitrogen and oxygen atoms in total. The summed E-state index contributed by atoms with van der Waals surface area (Å²) in [6.45, 7) is 9.12. The third-order valence-electron chi connectivity index (χ3n) is 4.42. The Morgan fingerprint density at radius 2 is 2.00 bits per heavy atom. The minimum Gasteiger partial charge on any atom is -0.409 e. The van der Waals surface area contributed by atoms with Gasteiger partial charge < -0.3 is 10.9 Å². The Balaban J connectivity index is 2.50. The Hall–Kier alpha value is -0.770. The van der Waals surface area contributed by atoms with Gasteiger partial charge in [0.1, 0.15) is 5.84 Å². The summed E-state index contributed by atoms with van der Waals surface area (Å²) in [6, 6.07) is 0.423. The largest absolute Gasteiger partial charge is 0.409 e. The summed E-state index contributed by atoms with van der Waals surface area (Å²) >= 11 is 0. The van der Waals surface area contributed by atoms with Crippen LogP contribution in [0, 0.1) is 5.41 Å². The van der Waals surface area contributed by atoms with Crippen molar-refractivity contribution in [2.24, 2.45) is 16.3 Å². The number of oxime groups is 1. The molecule has 1 aliphatic rings. The van der Waals surface area contributed by atoms with Gasteiger partial charge in [-0.25, -0.2) is 0 Å². The number of amidine groups is 1. The molecule has 0 bridgehead atoms. The van der Waals surface area contributed by atoms with Crippen LogP contribution in [0.3, 0.4) is 0 Å². The highest BCUT2D eigenvalue weighted by molar-refractivity contribution is 5.80. The minimum absolute atomic E-state index is 0.348. The molecule has 1 aliphatic heterocycles. The Kier molecular flexibility index (Phi) is 5.25. The number of nitrogens with two attached hydrogens (primary N) is 1. The SMILES string of the molecule is CCC(CC(N)=NO)N1CCC(C)(CC)CC1. The number of hydrogen-bond donors (Lipinski definition) is 2. The van der Waals surface area contributed by atoms with Crippen molar-refractivity contribution in [3.8, 4) is 0 Å². The highest BCUT2D eigenvalue weighted by atomic mass is 16.4. The summed E-state index contributed by atoms with van der Waals surface area (Å²) < 4.78 is 0. The lowest BCUT2D eigenvalue weighted by molar-refractivity contribution is 0.0808. The zero-order chi connectivity index (χ0) is 12.9. The second kappa shape index (κ2) is 6.24. The van der Waals surface area contributed by atoms with E-state index in [0.717, 1.165) is 19.5 Å². The molecule has 0 aliphatic carbocycles.